The van der Waals surface area contributed by atoms with Gasteiger partial charge in [0.2, 0.25) is 0 Å². The molecule has 88 valence electrons. The number of pyridine rings is 1. The fraction of sp³-hybridized carbons (Fsp3) is 0.250. The standard InChI is InChI=1S/C12H12N2O3/c1-8(15)6-10-3-2-9-7-11(14(16)17)4-5-12(9)13-10/h2-5,7-8,15H,6H2,1H3. The highest BCUT2D eigenvalue weighted by molar-refractivity contribution is 5.81. The highest BCUT2D eigenvalue weighted by Gasteiger charge is 2.07. The molecule has 1 atom stereocenters. The van der Waals surface area contributed by atoms with Crippen molar-refractivity contribution in [3.8, 4) is 0 Å². The molecule has 0 bridgehead atoms. The van der Waals surface area contributed by atoms with Crippen LogP contribution in [0.25, 0.3) is 10.9 Å². The Kier molecular flexibility index (Phi) is 3.01. The summed E-state index contributed by atoms with van der Waals surface area (Å²) in [4.78, 5) is 14.5. The van der Waals surface area contributed by atoms with Crippen molar-refractivity contribution in [2.45, 2.75) is 19.4 Å². The summed E-state index contributed by atoms with van der Waals surface area (Å²) in [5, 5.41) is 20.6. The van der Waals surface area contributed by atoms with Gasteiger partial charge in [-0.25, -0.2) is 0 Å². The first-order chi connectivity index (χ1) is 8.06. The summed E-state index contributed by atoms with van der Waals surface area (Å²) in [7, 11) is 0. The van der Waals surface area contributed by atoms with Crippen LogP contribution in [0.3, 0.4) is 0 Å². The molecule has 0 aliphatic heterocycles. The Morgan fingerprint density at radius 3 is 2.82 bits per heavy atom. The fourth-order valence-corrected chi connectivity index (χ4v) is 1.69. The van der Waals surface area contributed by atoms with Crippen LogP contribution in [-0.2, 0) is 6.42 Å². The number of nitro groups is 1. The van der Waals surface area contributed by atoms with Crippen LogP contribution in [0.2, 0.25) is 0 Å². The second-order valence-corrected chi connectivity index (χ2v) is 3.99. The number of hydrogen-bond donors (Lipinski definition) is 1. The lowest BCUT2D eigenvalue weighted by molar-refractivity contribution is -0.384. The summed E-state index contributed by atoms with van der Waals surface area (Å²) in [6.07, 6.45) is 0.0328. The SMILES string of the molecule is CC(O)Cc1ccc2cc([N+](=O)[O-])ccc2n1. The molecule has 0 radical (unpaired) electrons. The molecular formula is C12H12N2O3. The van der Waals surface area contributed by atoms with E-state index in [-0.39, 0.29) is 5.69 Å². The Bertz CT molecular complexity index is 567. The monoisotopic (exact) mass is 232 g/mol. The number of aliphatic hydroxyl groups excluding tert-OH is 1. The van der Waals surface area contributed by atoms with Crippen molar-refractivity contribution in [2.24, 2.45) is 0 Å². The molecule has 0 fully saturated rings. The minimum absolute atomic E-state index is 0.0579. The zero-order chi connectivity index (χ0) is 12.4. The predicted octanol–water partition coefficient (Wildman–Crippen LogP) is 2.07. The van der Waals surface area contributed by atoms with E-state index in [1.807, 2.05) is 0 Å². The predicted molar refractivity (Wildman–Crippen MR) is 63.8 cm³/mol. The maximum absolute atomic E-state index is 10.6. The van der Waals surface area contributed by atoms with Crippen LogP contribution >= 0.6 is 0 Å². The Hall–Kier alpha value is -2.01. The Morgan fingerprint density at radius 1 is 1.41 bits per heavy atom. The first-order valence-corrected chi connectivity index (χ1v) is 5.28. The second-order valence-electron chi connectivity index (χ2n) is 3.99. The number of non-ortho nitro benzene ring substituents is 1. The van der Waals surface area contributed by atoms with Crippen molar-refractivity contribution in [3.05, 3.63) is 46.1 Å². The van der Waals surface area contributed by atoms with Crippen LogP contribution in [0, 0.1) is 10.1 Å². The van der Waals surface area contributed by atoms with Crippen LogP contribution in [0.15, 0.2) is 30.3 Å². The Morgan fingerprint density at radius 2 is 2.18 bits per heavy atom. The smallest absolute Gasteiger partial charge is 0.270 e. The van der Waals surface area contributed by atoms with E-state index in [0.717, 1.165) is 11.1 Å². The molecule has 5 nitrogen and oxygen atoms in total. The van der Waals surface area contributed by atoms with Gasteiger partial charge in [-0.2, -0.15) is 0 Å². The number of hydrogen-bond acceptors (Lipinski definition) is 4. The molecular weight excluding hydrogens is 220 g/mol. The average molecular weight is 232 g/mol. The maximum Gasteiger partial charge on any atom is 0.270 e. The van der Waals surface area contributed by atoms with Crippen molar-refractivity contribution >= 4 is 16.6 Å². The summed E-state index contributed by atoms with van der Waals surface area (Å²) in [6, 6.07) is 8.11. The van der Waals surface area contributed by atoms with E-state index in [1.54, 1.807) is 25.1 Å². The molecule has 0 amide bonds. The van der Waals surface area contributed by atoms with Gasteiger partial charge in [0.1, 0.15) is 0 Å². The molecule has 0 aliphatic carbocycles. The van der Waals surface area contributed by atoms with E-state index in [0.29, 0.717) is 11.9 Å². The van der Waals surface area contributed by atoms with Crippen molar-refractivity contribution in [1.82, 2.24) is 4.98 Å². The van der Waals surface area contributed by atoms with E-state index in [1.165, 1.54) is 12.1 Å². The average Bonchev–Trinajstić information content (AvgIpc) is 2.27. The largest absolute Gasteiger partial charge is 0.393 e. The molecule has 2 aromatic rings. The Labute approximate surface area is 97.9 Å². The molecule has 1 aromatic heterocycles. The molecule has 1 unspecified atom stereocenters. The number of aliphatic hydroxyl groups is 1. The van der Waals surface area contributed by atoms with Gasteiger partial charge in [0.15, 0.2) is 0 Å². The van der Waals surface area contributed by atoms with Crippen molar-refractivity contribution in [3.63, 3.8) is 0 Å². The van der Waals surface area contributed by atoms with E-state index in [4.69, 9.17) is 0 Å². The van der Waals surface area contributed by atoms with Gasteiger partial charge in [-0.05, 0) is 19.1 Å². The zero-order valence-electron chi connectivity index (χ0n) is 9.33. The van der Waals surface area contributed by atoms with Crippen LogP contribution in [0.4, 0.5) is 5.69 Å². The van der Waals surface area contributed by atoms with E-state index < -0.39 is 11.0 Å². The summed E-state index contributed by atoms with van der Waals surface area (Å²) >= 11 is 0. The molecule has 1 heterocycles. The second kappa shape index (κ2) is 4.47. The Balaban J connectivity index is 2.43. The minimum atomic E-state index is -0.446. The fourth-order valence-electron chi connectivity index (χ4n) is 1.69. The third-order valence-electron chi connectivity index (χ3n) is 2.45. The number of nitrogens with zero attached hydrogens (tertiary/aromatic N) is 2. The van der Waals surface area contributed by atoms with Gasteiger partial charge < -0.3 is 5.11 Å². The number of nitro benzene ring substituents is 1. The zero-order valence-corrected chi connectivity index (χ0v) is 9.33. The minimum Gasteiger partial charge on any atom is -0.393 e. The summed E-state index contributed by atoms with van der Waals surface area (Å²) in [5.74, 6) is 0. The molecule has 0 saturated carbocycles. The van der Waals surface area contributed by atoms with E-state index in [9.17, 15) is 15.2 Å². The van der Waals surface area contributed by atoms with Crippen LogP contribution in [-0.4, -0.2) is 21.1 Å². The van der Waals surface area contributed by atoms with Gasteiger partial charge in [0.25, 0.3) is 5.69 Å². The van der Waals surface area contributed by atoms with Crippen molar-refractivity contribution in [2.75, 3.05) is 0 Å². The maximum atomic E-state index is 10.6. The topological polar surface area (TPSA) is 76.3 Å². The first-order valence-electron chi connectivity index (χ1n) is 5.28. The molecule has 0 saturated heterocycles. The number of fused-ring (bicyclic) bond motifs is 1. The van der Waals surface area contributed by atoms with Gasteiger partial charge in [0.05, 0.1) is 16.5 Å². The third kappa shape index (κ3) is 2.57. The van der Waals surface area contributed by atoms with Crippen molar-refractivity contribution in [1.29, 1.82) is 0 Å². The molecule has 1 N–H and O–H groups in total. The number of rotatable bonds is 3. The molecule has 1 aromatic carbocycles. The number of aromatic nitrogens is 1. The van der Waals surface area contributed by atoms with Crippen LogP contribution < -0.4 is 0 Å². The van der Waals surface area contributed by atoms with Gasteiger partial charge in [-0.3, -0.25) is 15.1 Å². The quantitative estimate of drug-likeness (QED) is 0.649. The van der Waals surface area contributed by atoms with Gasteiger partial charge >= 0.3 is 0 Å². The molecule has 17 heavy (non-hydrogen) atoms. The summed E-state index contributed by atoms with van der Waals surface area (Å²) < 4.78 is 0. The molecule has 0 aliphatic rings. The van der Waals surface area contributed by atoms with E-state index in [2.05, 4.69) is 4.98 Å². The van der Waals surface area contributed by atoms with Crippen LogP contribution in [0.1, 0.15) is 12.6 Å². The molecule has 5 heteroatoms. The number of benzene rings is 1. The van der Waals surface area contributed by atoms with Gasteiger partial charge in [0, 0.05) is 29.6 Å². The third-order valence-corrected chi connectivity index (χ3v) is 2.45. The molecule has 0 spiro atoms. The van der Waals surface area contributed by atoms with Gasteiger partial charge in [-0.1, -0.05) is 6.07 Å². The van der Waals surface area contributed by atoms with E-state index >= 15 is 0 Å². The van der Waals surface area contributed by atoms with Gasteiger partial charge in [-0.15, -0.1) is 0 Å². The highest BCUT2D eigenvalue weighted by atomic mass is 16.6. The lowest BCUT2D eigenvalue weighted by atomic mass is 10.1. The summed E-state index contributed by atoms with van der Waals surface area (Å²) in [5.41, 5.74) is 1.54. The first kappa shape index (κ1) is 11.5. The lowest BCUT2D eigenvalue weighted by Gasteiger charge is -2.04. The normalized spacial score (nSPS) is 12.6. The lowest BCUT2D eigenvalue weighted by Crippen LogP contribution is -2.05. The molecule has 2 rings (SSSR count). The summed E-state index contributed by atoms with van der Waals surface area (Å²) in [6.45, 7) is 1.70. The van der Waals surface area contributed by atoms with Crippen molar-refractivity contribution < 1.29 is 10.0 Å². The van der Waals surface area contributed by atoms with Crippen LogP contribution in [0.5, 0.6) is 0 Å². The highest BCUT2D eigenvalue weighted by Crippen LogP contribution is 2.20.